The summed E-state index contributed by atoms with van der Waals surface area (Å²) >= 11 is 21.9. The van der Waals surface area contributed by atoms with Crippen molar-refractivity contribution in [2.24, 2.45) is 4.99 Å². The van der Waals surface area contributed by atoms with Gasteiger partial charge in [-0.15, -0.1) is 0 Å². The smallest absolute Gasteiger partial charge is 0.363 e. The number of rotatable bonds is 6. The number of carbonyl (C=O) groups excluding carboxylic acids is 1. The van der Waals surface area contributed by atoms with Crippen LogP contribution in [0.2, 0.25) is 15.1 Å². The van der Waals surface area contributed by atoms with E-state index in [1.165, 1.54) is 7.11 Å². The number of hydrogen-bond donors (Lipinski definition) is 0. The van der Waals surface area contributed by atoms with E-state index in [1.54, 1.807) is 36.4 Å². The number of benzene rings is 3. The third-order valence-corrected chi connectivity index (χ3v) is 6.19. The van der Waals surface area contributed by atoms with E-state index in [9.17, 15) is 4.79 Å². The summed E-state index contributed by atoms with van der Waals surface area (Å²) in [5.41, 5.74) is 2.21. The fourth-order valence-electron chi connectivity index (χ4n) is 3.02. The molecule has 0 saturated carbocycles. The molecule has 1 heterocycles. The number of cyclic esters (lactones) is 1. The fraction of sp³-hybridized carbons (Fsp3) is 0.0833. The van der Waals surface area contributed by atoms with Crippen molar-refractivity contribution >= 4 is 68.7 Å². The molecule has 0 bridgehead atoms. The minimum absolute atomic E-state index is 0.109. The van der Waals surface area contributed by atoms with Crippen molar-refractivity contribution in [3.8, 4) is 11.5 Å². The van der Waals surface area contributed by atoms with Gasteiger partial charge in [0.2, 0.25) is 5.90 Å². The zero-order chi connectivity index (χ0) is 23.5. The summed E-state index contributed by atoms with van der Waals surface area (Å²) in [6.07, 6.45) is 1.56. The van der Waals surface area contributed by atoms with Crippen LogP contribution < -0.4 is 9.47 Å². The van der Waals surface area contributed by atoms with E-state index < -0.39 is 5.97 Å². The first-order chi connectivity index (χ1) is 15.8. The van der Waals surface area contributed by atoms with Crippen LogP contribution in [0.5, 0.6) is 11.5 Å². The summed E-state index contributed by atoms with van der Waals surface area (Å²) < 4.78 is 17.6. The summed E-state index contributed by atoms with van der Waals surface area (Å²) in [5.74, 6) is 0.365. The van der Waals surface area contributed by atoms with Gasteiger partial charge >= 0.3 is 5.97 Å². The van der Waals surface area contributed by atoms with Crippen molar-refractivity contribution in [2.75, 3.05) is 7.11 Å². The van der Waals surface area contributed by atoms with Crippen LogP contribution >= 0.6 is 50.7 Å². The molecule has 0 amide bonds. The zero-order valence-corrected chi connectivity index (χ0v) is 20.9. The van der Waals surface area contributed by atoms with Gasteiger partial charge in [-0.05, 0) is 59.7 Å². The molecule has 0 N–H and O–H groups in total. The molecule has 0 spiro atoms. The lowest BCUT2D eigenvalue weighted by Crippen LogP contribution is -2.05. The average Bonchev–Trinajstić information content (AvgIpc) is 3.15. The van der Waals surface area contributed by atoms with Gasteiger partial charge in [0, 0.05) is 10.0 Å². The number of esters is 1. The largest absolute Gasteiger partial charge is 0.493 e. The van der Waals surface area contributed by atoms with Crippen molar-refractivity contribution in [1.82, 2.24) is 0 Å². The normalized spacial score (nSPS) is 14.3. The van der Waals surface area contributed by atoms with E-state index in [1.807, 2.05) is 24.3 Å². The summed E-state index contributed by atoms with van der Waals surface area (Å²) in [4.78, 5) is 16.6. The van der Waals surface area contributed by atoms with Crippen LogP contribution in [0.4, 0.5) is 0 Å². The zero-order valence-electron chi connectivity index (χ0n) is 17.1. The molecule has 3 aromatic carbocycles. The quantitative estimate of drug-likeness (QED) is 0.231. The van der Waals surface area contributed by atoms with Crippen LogP contribution in [0.1, 0.15) is 16.7 Å². The van der Waals surface area contributed by atoms with Crippen LogP contribution in [0, 0.1) is 0 Å². The van der Waals surface area contributed by atoms with E-state index in [2.05, 4.69) is 20.9 Å². The highest BCUT2D eigenvalue weighted by Crippen LogP contribution is 2.38. The lowest BCUT2D eigenvalue weighted by atomic mass is 10.1. The Balaban J connectivity index is 1.59. The lowest BCUT2D eigenvalue weighted by molar-refractivity contribution is -0.129. The SMILES string of the molecule is COc1cc(/C=C2\N=C(c3ccc(Cl)c(Cl)c3)OC2=O)cc(Cl)c1OCc1ccc(Br)cc1. The molecule has 0 aromatic heterocycles. The van der Waals surface area contributed by atoms with Crippen molar-refractivity contribution in [2.45, 2.75) is 6.61 Å². The van der Waals surface area contributed by atoms with Crippen LogP contribution in [0.15, 0.2) is 69.8 Å². The first-order valence-corrected chi connectivity index (χ1v) is 11.5. The molecule has 1 aliphatic heterocycles. The Bertz CT molecular complexity index is 1290. The van der Waals surface area contributed by atoms with Crippen LogP contribution in [0.3, 0.4) is 0 Å². The third-order valence-electron chi connectivity index (χ3n) is 4.64. The minimum atomic E-state index is -0.596. The standard InChI is InChI=1S/C24H15BrCl3NO4/c1-31-21-10-14(8-19(28)22(21)32-12-13-2-5-16(25)6-3-13)9-20-24(30)33-23(29-20)15-4-7-17(26)18(27)11-15/h2-11H,12H2,1H3/b20-9-. The van der Waals surface area contributed by atoms with Gasteiger partial charge in [0.1, 0.15) is 6.61 Å². The molecule has 0 unspecified atom stereocenters. The molecule has 0 atom stereocenters. The second kappa shape index (κ2) is 10.2. The Morgan fingerprint density at radius 2 is 1.76 bits per heavy atom. The molecule has 0 saturated heterocycles. The Labute approximate surface area is 213 Å². The highest BCUT2D eigenvalue weighted by atomic mass is 79.9. The van der Waals surface area contributed by atoms with E-state index >= 15 is 0 Å². The molecule has 5 nitrogen and oxygen atoms in total. The van der Waals surface area contributed by atoms with Crippen LogP contribution in [-0.4, -0.2) is 19.0 Å². The van der Waals surface area contributed by atoms with Gasteiger partial charge in [0.25, 0.3) is 0 Å². The number of carbonyl (C=O) groups is 1. The molecular formula is C24H15BrCl3NO4. The highest BCUT2D eigenvalue weighted by molar-refractivity contribution is 9.10. The van der Waals surface area contributed by atoms with E-state index in [0.29, 0.717) is 44.3 Å². The van der Waals surface area contributed by atoms with Gasteiger partial charge in [-0.1, -0.05) is 62.9 Å². The van der Waals surface area contributed by atoms with Gasteiger partial charge < -0.3 is 14.2 Å². The van der Waals surface area contributed by atoms with Gasteiger partial charge in [0.15, 0.2) is 17.2 Å². The molecule has 0 aliphatic carbocycles. The highest BCUT2D eigenvalue weighted by Gasteiger charge is 2.25. The molecule has 168 valence electrons. The van der Waals surface area contributed by atoms with Crippen LogP contribution in [-0.2, 0) is 16.1 Å². The second-order valence-electron chi connectivity index (χ2n) is 6.91. The van der Waals surface area contributed by atoms with Gasteiger partial charge in [-0.25, -0.2) is 9.79 Å². The van der Waals surface area contributed by atoms with Gasteiger partial charge in [-0.2, -0.15) is 0 Å². The summed E-state index contributed by atoms with van der Waals surface area (Å²) in [6.45, 7) is 0.313. The van der Waals surface area contributed by atoms with Crippen LogP contribution in [0.25, 0.3) is 6.08 Å². The Hall–Kier alpha value is -2.51. The number of nitrogens with zero attached hydrogens (tertiary/aromatic N) is 1. The summed E-state index contributed by atoms with van der Waals surface area (Å²) in [5, 5.41) is 1.06. The van der Waals surface area contributed by atoms with Crippen molar-refractivity contribution in [3.63, 3.8) is 0 Å². The molecule has 0 radical (unpaired) electrons. The topological polar surface area (TPSA) is 57.1 Å². The monoisotopic (exact) mass is 565 g/mol. The molecule has 9 heteroatoms. The number of aliphatic imine (C=N–C) groups is 1. The maximum absolute atomic E-state index is 12.3. The summed E-state index contributed by atoms with van der Waals surface area (Å²) in [7, 11) is 1.51. The molecule has 0 fully saturated rings. The average molecular weight is 568 g/mol. The number of halogens is 4. The number of ether oxygens (including phenoxy) is 3. The predicted octanol–water partition coefficient (Wildman–Crippen LogP) is 7.34. The summed E-state index contributed by atoms with van der Waals surface area (Å²) in [6, 6.07) is 16.0. The third kappa shape index (κ3) is 5.53. The maximum atomic E-state index is 12.3. The molecule has 4 rings (SSSR count). The fourth-order valence-corrected chi connectivity index (χ4v) is 3.86. The van der Waals surface area contributed by atoms with E-state index in [0.717, 1.165) is 10.0 Å². The van der Waals surface area contributed by atoms with Crippen molar-refractivity contribution in [3.05, 3.63) is 96.5 Å². The Kier molecular flexibility index (Phi) is 7.29. The number of methoxy groups -OCH3 is 1. The molecule has 1 aliphatic rings. The van der Waals surface area contributed by atoms with Gasteiger partial charge in [0.05, 0.1) is 22.2 Å². The maximum Gasteiger partial charge on any atom is 0.363 e. The number of hydrogen-bond acceptors (Lipinski definition) is 5. The molecule has 3 aromatic rings. The van der Waals surface area contributed by atoms with E-state index in [-0.39, 0.29) is 11.6 Å². The van der Waals surface area contributed by atoms with E-state index in [4.69, 9.17) is 49.0 Å². The lowest BCUT2D eigenvalue weighted by Gasteiger charge is -2.13. The second-order valence-corrected chi connectivity index (χ2v) is 9.05. The first-order valence-electron chi connectivity index (χ1n) is 9.57. The Morgan fingerprint density at radius 1 is 1.00 bits per heavy atom. The first kappa shape index (κ1) is 23.6. The molecule has 33 heavy (non-hydrogen) atoms. The van der Waals surface area contributed by atoms with Crippen molar-refractivity contribution < 1.29 is 19.0 Å². The molecular weight excluding hydrogens is 553 g/mol. The predicted molar refractivity (Wildman–Crippen MR) is 134 cm³/mol. The van der Waals surface area contributed by atoms with Gasteiger partial charge in [-0.3, -0.25) is 0 Å². The Morgan fingerprint density at radius 3 is 2.45 bits per heavy atom. The minimum Gasteiger partial charge on any atom is -0.493 e. The van der Waals surface area contributed by atoms with Crippen molar-refractivity contribution in [1.29, 1.82) is 0 Å².